The fourth-order valence-electron chi connectivity index (χ4n) is 1.83. The predicted molar refractivity (Wildman–Crippen MR) is 84.8 cm³/mol. The Kier molecular flexibility index (Phi) is 6.01. The average Bonchev–Trinajstić information content (AvgIpc) is 2.87. The number of benzene rings is 1. The number of thioether (sulfide) groups is 1. The van der Waals surface area contributed by atoms with Gasteiger partial charge in [0, 0.05) is 16.3 Å². The largest absolute Gasteiger partial charge is 0.312 e. The molecular weight excluding hydrogens is 291 g/mol. The standard InChI is InChI=1S/C15H19FN2S2/c1-3-13-14(9-17-4-2)20-15(18-13)10-19-12-7-5-11(16)6-8-12/h5-8,17H,3-4,9-10H2,1-2H3. The van der Waals surface area contributed by atoms with Gasteiger partial charge in [0.05, 0.1) is 11.4 Å². The number of hydrogen-bond acceptors (Lipinski definition) is 4. The van der Waals surface area contributed by atoms with Crippen molar-refractivity contribution in [2.24, 2.45) is 0 Å². The molecule has 1 aromatic carbocycles. The van der Waals surface area contributed by atoms with Crippen LogP contribution in [0.4, 0.5) is 4.39 Å². The van der Waals surface area contributed by atoms with Crippen molar-refractivity contribution in [1.82, 2.24) is 10.3 Å². The predicted octanol–water partition coefficient (Wildman–Crippen LogP) is 4.25. The Bertz CT molecular complexity index is 537. The molecule has 1 N–H and O–H groups in total. The van der Waals surface area contributed by atoms with Gasteiger partial charge in [-0.3, -0.25) is 0 Å². The molecule has 2 rings (SSSR count). The molecule has 0 atom stereocenters. The molecule has 108 valence electrons. The van der Waals surface area contributed by atoms with Crippen LogP contribution in [-0.2, 0) is 18.7 Å². The highest BCUT2D eigenvalue weighted by atomic mass is 32.2. The van der Waals surface area contributed by atoms with E-state index in [-0.39, 0.29) is 5.82 Å². The lowest BCUT2D eigenvalue weighted by molar-refractivity contribution is 0.626. The number of hydrogen-bond donors (Lipinski definition) is 1. The summed E-state index contributed by atoms with van der Waals surface area (Å²) >= 11 is 3.48. The van der Waals surface area contributed by atoms with Crippen LogP contribution in [-0.4, -0.2) is 11.5 Å². The second-order valence-electron chi connectivity index (χ2n) is 4.35. The van der Waals surface area contributed by atoms with E-state index in [0.29, 0.717) is 0 Å². The maximum absolute atomic E-state index is 12.8. The third-order valence-corrected chi connectivity index (χ3v) is 5.17. The van der Waals surface area contributed by atoms with E-state index in [4.69, 9.17) is 4.98 Å². The fourth-order valence-corrected chi connectivity index (χ4v) is 3.85. The summed E-state index contributed by atoms with van der Waals surface area (Å²) < 4.78 is 12.8. The minimum atomic E-state index is -0.190. The number of aromatic nitrogens is 1. The van der Waals surface area contributed by atoms with Crippen LogP contribution in [0.3, 0.4) is 0 Å². The number of thiazole rings is 1. The van der Waals surface area contributed by atoms with Gasteiger partial charge in [0.15, 0.2) is 0 Å². The number of nitrogens with one attached hydrogen (secondary N) is 1. The second-order valence-corrected chi connectivity index (χ2v) is 6.57. The SMILES string of the molecule is CCNCc1sc(CSc2ccc(F)cc2)nc1CC. The molecule has 2 aromatic rings. The van der Waals surface area contributed by atoms with Crippen LogP contribution in [0.5, 0.6) is 0 Å². The first-order chi connectivity index (χ1) is 9.72. The Morgan fingerprint density at radius 2 is 2.00 bits per heavy atom. The number of aryl methyl sites for hydroxylation is 1. The smallest absolute Gasteiger partial charge is 0.123 e. The van der Waals surface area contributed by atoms with Gasteiger partial charge >= 0.3 is 0 Å². The summed E-state index contributed by atoms with van der Waals surface area (Å²) in [6, 6.07) is 6.62. The van der Waals surface area contributed by atoms with Crippen molar-refractivity contribution in [2.75, 3.05) is 6.54 Å². The van der Waals surface area contributed by atoms with Crippen LogP contribution in [0, 0.1) is 5.82 Å². The minimum absolute atomic E-state index is 0.190. The van der Waals surface area contributed by atoms with Gasteiger partial charge in [-0.25, -0.2) is 9.37 Å². The first-order valence-electron chi connectivity index (χ1n) is 6.79. The van der Waals surface area contributed by atoms with Gasteiger partial charge in [0.1, 0.15) is 10.8 Å². The van der Waals surface area contributed by atoms with Crippen molar-refractivity contribution in [3.63, 3.8) is 0 Å². The first kappa shape index (κ1) is 15.5. The molecule has 0 spiro atoms. The Morgan fingerprint density at radius 1 is 1.25 bits per heavy atom. The van der Waals surface area contributed by atoms with E-state index < -0.39 is 0 Å². The molecule has 20 heavy (non-hydrogen) atoms. The summed E-state index contributed by atoms with van der Waals surface area (Å²) in [4.78, 5) is 7.11. The molecule has 5 heteroatoms. The highest BCUT2D eigenvalue weighted by molar-refractivity contribution is 7.98. The monoisotopic (exact) mass is 310 g/mol. The molecular formula is C15H19FN2S2. The van der Waals surface area contributed by atoms with Crippen LogP contribution in [0.15, 0.2) is 29.2 Å². The van der Waals surface area contributed by atoms with Crippen molar-refractivity contribution in [2.45, 2.75) is 37.5 Å². The van der Waals surface area contributed by atoms with Gasteiger partial charge in [-0.1, -0.05) is 13.8 Å². The lowest BCUT2D eigenvalue weighted by Crippen LogP contribution is -2.11. The van der Waals surface area contributed by atoms with Gasteiger partial charge in [0.25, 0.3) is 0 Å². The van der Waals surface area contributed by atoms with Crippen LogP contribution < -0.4 is 5.32 Å². The van der Waals surface area contributed by atoms with Gasteiger partial charge in [-0.2, -0.15) is 0 Å². The molecule has 2 nitrogen and oxygen atoms in total. The van der Waals surface area contributed by atoms with Gasteiger partial charge < -0.3 is 5.32 Å². The van der Waals surface area contributed by atoms with Crippen molar-refractivity contribution in [1.29, 1.82) is 0 Å². The van der Waals surface area contributed by atoms with Crippen molar-refractivity contribution in [3.05, 3.63) is 45.7 Å². The lowest BCUT2D eigenvalue weighted by Gasteiger charge is -1.99. The number of nitrogens with zero attached hydrogens (tertiary/aromatic N) is 1. The van der Waals surface area contributed by atoms with E-state index in [9.17, 15) is 4.39 Å². The van der Waals surface area contributed by atoms with Crippen LogP contribution in [0.2, 0.25) is 0 Å². The zero-order chi connectivity index (χ0) is 14.4. The van der Waals surface area contributed by atoms with Crippen molar-refractivity contribution < 1.29 is 4.39 Å². The third-order valence-electron chi connectivity index (χ3n) is 2.87. The molecule has 1 heterocycles. The molecule has 0 radical (unpaired) electrons. The van der Waals surface area contributed by atoms with Gasteiger partial charge in [0.2, 0.25) is 0 Å². The summed E-state index contributed by atoms with van der Waals surface area (Å²) in [6.45, 7) is 6.12. The Labute approximate surface area is 127 Å². The van der Waals surface area contributed by atoms with E-state index >= 15 is 0 Å². The first-order valence-corrected chi connectivity index (χ1v) is 8.59. The van der Waals surface area contributed by atoms with E-state index in [1.165, 1.54) is 22.7 Å². The molecule has 1 aromatic heterocycles. The molecule has 0 unspecified atom stereocenters. The quantitative estimate of drug-likeness (QED) is 0.774. The molecule has 0 fully saturated rings. The minimum Gasteiger partial charge on any atom is -0.312 e. The maximum atomic E-state index is 12.8. The highest BCUT2D eigenvalue weighted by Gasteiger charge is 2.09. The Morgan fingerprint density at radius 3 is 2.65 bits per heavy atom. The third kappa shape index (κ3) is 4.30. The molecule has 0 saturated heterocycles. The van der Waals surface area contributed by atoms with E-state index in [2.05, 4.69) is 19.2 Å². The summed E-state index contributed by atoms with van der Waals surface area (Å²) in [7, 11) is 0. The Hall–Kier alpha value is -0.910. The summed E-state index contributed by atoms with van der Waals surface area (Å²) in [5.41, 5.74) is 1.20. The van der Waals surface area contributed by atoms with Crippen molar-refractivity contribution in [3.8, 4) is 0 Å². The summed E-state index contributed by atoms with van der Waals surface area (Å²) in [5, 5.41) is 4.50. The van der Waals surface area contributed by atoms with Gasteiger partial charge in [-0.15, -0.1) is 23.1 Å². The summed E-state index contributed by atoms with van der Waals surface area (Å²) in [6.07, 6.45) is 0.971. The molecule has 0 saturated carbocycles. The average molecular weight is 310 g/mol. The number of halogens is 1. The fraction of sp³-hybridized carbons (Fsp3) is 0.400. The molecule has 0 aliphatic heterocycles. The van der Waals surface area contributed by atoms with Crippen LogP contribution in [0.1, 0.15) is 29.4 Å². The topological polar surface area (TPSA) is 24.9 Å². The highest BCUT2D eigenvalue weighted by Crippen LogP contribution is 2.27. The maximum Gasteiger partial charge on any atom is 0.123 e. The molecule has 0 aliphatic carbocycles. The van der Waals surface area contributed by atoms with Crippen molar-refractivity contribution >= 4 is 23.1 Å². The number of rotatable bonds is 7. The Balaban J connectivity index is 1.98. The second kappa shape index (κ2) is 7.76. The van der Waals surface area contributed by atoms with Crippen LogP contribution in [0.25, 0.3) is 0 Å². The molecule has 0 bridgehead atoms. The van der Waals surface area contributed by atoms with E-state index in [0.717, 1.165) is 35.2 Å². The molecule has 0 aliphatic rings. The van der Waals surface area contributed by atoms with E-state index in [1.54, 1.807) is 23.1 Å². The van der Waals surface area contributed by atoms with E-state index in [1.807, 2.05) is 12.1 Å². The zero-order valence-electron chi connectivity index (χ0n) is 11.8. The lowest BCUT2D eigenvalue weighted by atomic mass is 10.3. The normalized spacial score (nSPS) is 10.9. The van der Waals surface area contributed by atoms with Gasteiger partial charge in [-0.05, 0) is 37.2 Å². The molecule has 0 amide bonds. The van der Waals surface area contributed by atoms with Crippen LogP contribution >= 0.6 is 23.1 Å². The summed E-state index contributed by atoms with van der Waals surface area (Å²) in [5.74, 6) is 0.653. The zero-order valence-corrected chi connectivity index (χ0v) is 13.4.